The van der Waals surface area contributed by atoms with E-state index in [-0.39, 0.29) is 24.7 Å². The van der Waals surface area contributed by atoms with E-state index >= 15 is 0 Å². The normalized spacial score (nSPS) is 16.0. The molecule has 158 valence electrons. The van der Waals surface area contributed by atoms with Gasteiger partial charge >= 0.3 is 0 Å². The van der Waals surface area contributed by atoms with Gasteiger partial charge in [0.1, 0.15) is 18.1 Å². The number of carbonyl (C=O) groups excluding carboxylic acids is 2. The van der Waals surface area contributed by atoms with Crippen LogP contribution in [0, 0.1) is 0 Å². The Kier molecular flexibility index (Phi) is 6.07. The molecule has 7 nitrogen and oxygen atoms in total. The van der Waals surface area contributed by atoms with Gasteiger partial charge in [-0.3, -0.25) is 9.59 Å². The Labute approximate surface area is 176 Å². The van der Waals surface area contributed by atoms with Gasteiger partial charge in [0.25, 0.3) is 0 Å². The van der Waals surface area contributed by atoms with E-state index in [0.717, 1.165) is 36.0 Å². The molecule has 2 heterocycles. The van der Waals surface area contributed by atoms with Crippen molar-refractivity contribution in [3.05, 3.63) is 48.5 Å². The fourth-order valence-corrected chi connectivity index (χ4v) is 3.94. The van der Waals surface area contributed by atoms with Crippen LogP contribution < -0.4 is 19.3 Å². The van der Waals surface area contributed by atoms with Crippen LogP contribution in [0.2, 0.25) is 0 Å². The lowest BCUT2D eigenvalue weighted by atomic mass is 10.1. The van der Waals surface area contributed by atoms with Crippen LogP contribution in [0.25, 0.3) is 0 Å². The summed E-state index contributed by atoms with van der Waals surface area (Å²) in [5.41, 5.74) is 1.92. The summed E-state index contributed by atoms with van der Waals surface area (Å²) in [6.45, 7) is 3.89. The first-order valence-corrected chi connectivity index (χ1v) is 10.3. The molecular formula is C23H27N3O4. The van der Waals surface area contributed by atoms with Crippen molar-refractivity contribution in [2.24, 2.45) is 0 Å². The highest BCUT2D eigenvalue weighted by atomic mass is 16.5. The Morgan fingerprint density at radius 1 is 0.900 bits per heavy atom. The summed E-state index contributed by atoms with van der Waals surface area (Å²) in [5, 5.41) is 0. The highest BCUT2D eigenvalue weighted by Crippen LogP contribution is 2.31. The summed E-state index contributed by atoms with van der Waals surface area (Å²) in [7, 11) is 1.65. The molecule has 0 radical (unpaired) electrons. The van der Waals surface area contributed by atoms with Gasteiger partial charge in [-0.2, -0.15) is 0 Å². The summed E-state index contributed by atoms with van der Waals surface area (Å²) < 4.78 is 10.8. The van der Waals surface area contributed by atoms with E-state index in [0.29, 0.717) is 26.2 Å². The number of hydrogen-bond acceptors (Lipinski definition) is 5. The van der Waals surface area contributed by atoms with E-state index in [1.54, 1.807) is 12.0 Å². The van der Waals surface area contributed by atoms with Gasteiger partial charge in [0, 0.05) is 44.7 Å². The highest BCUT2D eigenvalue weighted by molar-refractivity contribution is 5.97. The van der Waals surface area contributed by atoms with Crippen molar-refractivity contribution in [1.82, 2.24) is 4.90 Å². The maximum absolute atomic E-state index is 12.7. The van der Waals surface area contributed by atoms with Gasteiger partial charge in [-0.25, -0.2) is 0 Å². The van der Waals surface area contributed by atoms with Crippen molar-refractivity contribution in [2.75, 3.05) is 56.2 Å². The molecular weight excluding hydrogens is 382 g/mol. The lowest BCUT2D eigenvalue weighted by Crippen LogP contribution is -2.49. The van der Waals surface area contributed by atoms with Crippen LogP contribution in [0.15, 0.2) is 48.5 Å². The fourth-order valence-electron chi connectivity index (χ4n) is 3.94. The van der Waals surface area contributed by atoms with Crippen LogP contribution >= 0.6 is 0 Å². The molecule has 2 aliphatic heterocycles. The van der Waals surface area contributed by atoms with Crippen molar-refractivity contribution in [2.45, 2.75) is 12.8 Å². The number of anilines is 2. The molecule has 0 spiro atoms. The van der Waals surface area contributed by atoms with Crippen molar-refractivity contribution in [3.8, 4) is 11.5 Å². The standard InChI is InChI=1S/C23H27N3O4/c1-29-19-8-6-18(7-9-19)24-12-14-25(15-13-24)22(27)10-11-23(28)26-16-17-30-21-5-3-2-4-20(21)26/h2-9H,10-17H2,1H3. The molecule has 4 rings (SSSR count). The third-order valence-corrected chi connectivity index (χ3v) is 5.65. The van der Waals surface area contributed by atoms with Crippen molar-refractivity contribution in [3.63, 3.8) is 0 Å². The predicted molar refractivity (Wildman–Crippen MR) is 115 cm³/mol. The smallest absolute Gasteiger partial charge is 0.227 e. The Morgan fingerprint density at radius 3 is 2.33 bits per heavy atom. The molecule has 2 amide bonds. The summed E-state index contributed by atoms with van der Waals surface area (Å²) in [6.07, 6.45) is 0.451. The van der Waals surface area contributed by atoms with Crippen LogP contribution in [0.3, 0.4) is 0 Å². The SMILES string of the molecule is COc1ccc(N2CCN(C(=O)CCC(=O)N3CCOc4ccccc43)CC2)cc1. The zero-order valence-corrected chi connectivity index (χ0v) is 17.3. The molecule has 2 aromatic carbocycles. The fraction of sp³-hybridized carbons (Fsp3) is 0.391. The maximum Gasteiger partial charge on any atom is 0.227 e. The van der Waals surface area contributed by atoms with Crippen LogP contribution in [-0.2, 0) is 9.59 Å². The van der Waals surface area contributed by atoms with E-state index in [1.165, 1.54) is 0 Å². The van der Waals surface area contributed by atoms with Crippen LogP contribution in [0.5, 0.6) is 11.5 Å². The zero-order valence-electron chi connectivity index (χ0n) is 17.3. The third kappa shape index (κ3) is 4.35. The number of fused-ring (bicyclic) bond motifs is 1. The Balaban J connectivity index is 1.27. The number of para-hydroxylation sites is 2. The minimum atomic E-state index is -0.0315. The van der Waals surface area contributed by atoms with Gasteiger partial charge in [-0.05, 0) is 36.4 Å². The Hall–Kier alpha value is -3.22. The van der Waals surface area contributed by atoms with Gasteiger partial charge in [-0.1, -0.05) is 12.1 Å². The molecule has 0 saturated carbocycles. The molecule has 0 unspecified atom stereocenters. The van der Waals surface area contributed by atoms with Crippen molar-refractivity contribution >= 4 is 23.2 Å². The van der Waals surface area contributed by atoms with Gasteiger partial charge in [0.05, 0.1) is 19.3 Å². The minimum Gasteiger partial charge on any atom is -0.497 e. The average molecular weight is 409 g/mol. The molecule has 0 aromatic heterocycles. The molecule has 30 heavy (non-hydrogen) atoms. The quantitative estimate of drug-likeness (QED) is 0.760. The summed E-state index contributed by atoms with van der Waals surface area (Å²) >= 11 is 0. The number of piperazine rings is 1. The van der Waals surface area contributed by atoms with E-state index < -0.39 is 0 Å². The molecule has 0 atom stereocenters. The largest absolute Gasteiger partial charge is 0.497 e. The van der Waals surface area contributed by atoms with Crippen molar-refractivity contribution in [1.29, 1.82) is 0 Å². The maximum atomic E-state index is 12.7. The summed E-state index contributed by atoms with van der Waals surface area (Å²) in [5.74, 6) is 1.56. The Bertz CT molecular complexity index is 892. The van der Waals surface area contributed by atoms with Crippen LogP contribution in [0.4, 0.5) is 11.4 Å². The van der Waals surface area contributed by atoms with Gasteiger partial charge < -0.3 is 24.2 Å². The number of ether oxygens (including phenoxy) is 2. The molecule has 0 bridgehead atoms. The first kappa shape index (κ1) is 20.1. The second-order valence-corrected chi connectivity index (χ2v) is 7.43. The number of rotatable bonds is 5. The second kappa shape index (κ2) is 9.07. The number of methoxy groups -OCH3 is 1. The van der Waals surface area contributed by atoms with E-state index in [1.807, 2.05) is 53.4 Å². The topological polar surface area (TPSA) is 62.3 Å². The second-order valence-electron chi connectivity index (χ2n) is 7.43. The molecule has 1 fully saturated rings. The predicted octanol–water partition coefficient (Wildman–Crippen LogP) is 2.55. The number of benzene rings is 2. The zero-order chi connectivity index (χ0) is 20.9. The average Bonchev–Trinajstić information content (AvgIpc) is 2.82. The van der Waals surface area contributed by atoms with Gasteiger partial charge in [0.15, 0.2) is 0 Å². The summed E-state index contributed by atoms with van der Waals surface area (Å²) in [4.78, 5) is 31.2. The third-order valence-electron chi connectivity index (χ3n) is 5.65. The molecule has 0 N–H and O–H groups in total. The number of amides is 2. The Morgan fingerprint density at radius 2 is 1.60 bits per heavy atom. The van der Waals surface area contributed by atoms with Crippen molar-refractivity contribution < 1.29 is 19.1 Å². The van der Waals surface area contributed by atoms with E-state index in [9.17, 15) is 9.59 Å². The monoisotopic (exact) mass is 409 g/mol. The van der Waals surface area contributed by atoms with E-state index in [4.69, 9.17) is 9.47 Å². The number of nitrogens with zero attached hydrogens (tertiary/aromatic N) is 3. The van der Waals surface area contributed by atoms with Crippen LogP contribution in [-0.4, -0.2) is 63.2 Å². The summed E-state index contributed by atoms with van der Waals surface area (Å²) in [6, 6.07) is 15.5. The van der Waals surface area contributed by atoms with Gasteiger partial charge in [-0.15, -0.1) is 0 Å². The number of hydrogen-bond donors (Lipinski definition) is 0. The first-order valence-electron chi connectivity index (χ1n) is 10.3. The minimum absolute atomic E-state index is 0.0315. The molecule has 7 heteroatoms. The molecule has 2 aromatic rings. The lowest BCUT2D eigenvalue weighted by molar-refractivity contribution is -0.133. The van der Waals surface area contributed by atoms with Crippen LogP contribution in [0.1, 0.15) is 12.8 Å². The molecule has 0 aliphatic carbocycles. The number of carbonyl (C=O) groups is 2. The molecule has 1 saturated heterocycles. The highest BCUT2D eigenvalue weighted by Gasteiger charge is 2.26. The lowest BCUT2D eigenvalue weighted by Gasteiger charge is -2.36. The molecule has 2 aliphatic rings. The first-order chi connectivity index (χ1) is 14.7. The van der Waals surface area contributed by atoms with Gasteiger partial charge in [0.2, 0.25) is 11.8 Å². The van der Waals surface area contributed by atoms with E-state index in [2.05, 4.69) is 4.90 Å².